The maximum Gasteiger partial charge on any atom is 0.146 e. The molecule has 2 nitrogen and oxygen atoms in total. The summed E-state index contributed by atoms with van der Waals surface area (Å²) in [5, 5.41) is 3.24. The van der Waals surface area contributed by atoms with Crippen LogP contribution < -0.4 is 10.2 Å². The van der Waals surface area contributed by atoms with Gasteiger partial charge in [-0.05, 0) is 55.8 Å². The Kier molecular flexibility index (Phi) is 3.74. The highest BCUT2D eigenvalue weighted by atomic mass is 19.1. The molecule has 104 valence electrons. The molecule has 3 rings (SSSR count). The molecule has 0 atom stereocenters. The second-order valence-corrected chi connectivity index (χ2v) is 5.89. The molecule has 0 saturated heterocycles. The summed E-state index contributed by atoms with van der Waals surface area (Å²) in [6, 6.07) is 6.32. The molecule has 2 aliphatic rings. The summed E-state index contributed by atoms with van der Waals surface area (Å²) in [5.74, 6) is 0.754. The Morgan fingerprint density at radius 2 is 2.05 bits per heavy atom. The van der Waals surface area contributed by atoms with E-state index >= 15 is 0 Å². The zero-order valence-electron chi connectivity index (χ0n) is 11.7. The van der Waals surface area contributed by atoms with Gasteiger partial charge in [0, 0.05) is 19.1 Å². The molecule has 19 heavy (non-hydrogen) atoms. The quantitative estimate of drug-likeness (QED) is 0.811. The number of hydrogen-bond acceptors (Lipinski definition) is 2. The molecule has 0 unspecified atom stereocenters. The van der Waals surface area contributed by atoms with Crippen molar-refractivity contribution in [3.05, 3.63) is 29.6 Å². The van der Waals surface area contributed by atoms with Gasteiger partial charge in [0.15, 0.2) is 0 Å². The van der Waals surface area contributed by atoms with Crippen LogP contribution in [0.25, 0.3) is 0 Å². The van der Waals surface area contributed by atoms with Crippen LogP contribution in [0.4, 0.5) is 10.1 Å². The summed E-state index contributed by atoms with van der Waals surface area (Å²) in [5.41, 5.74) is 1.85. The second-order valence-electron chi connectivity index (χ2n) is 5.89. The van der Waals surface area contributed by atoms with Crippen LogP contribution in [-0.2, 0) is 6.54 Å². The van der Waals surface area contributed by atoms with Gasteiger partial charge in [0.05, 0.1) is 5.69 Å². The van der Waals surface area contributed by atoms with Crippen molar-refractivity contribution in [1.29, 1.82) is 0 Å². The number of anilines is 1. The van der Waals surface area contributed by atoms with Crippen LogP contribution in [0.3, 0.4) is 0 Å². The fraction of sp³-hybridized carbons (Fsp3) is 0.625. The van der Waals surface area contributed by atoms with Crippen molar-refractivity contribution in [3.8, 4) is 0 Å². The highest BCUT2D eigenvalue weighted by Crippen LogP contribution is 2.38. The van der Waals surface area contributed by atoms with Crippen molar-refractivity contribution in [2.24, 2.45) is 5.92 Å². The van der Waals surface area contributed by atoms with E-state index < -0.39 is 0 Å². The molecule has 1 aromatic carbocycles. The number of nitrogens with zero attached hydrogens (tertiary/aromatic N) is 1. The van der Waals surface area contributed by atoms with E-state index in [1.165, 1.54) is 25.7 Å². The maximum atomic E-state index is 14.3. The first kappa shape index (κ1) is 12.9. The van der Waals surface area contributed by atoms with E-state index in [-0.39, 0.29) is 5.82 Å². The minimum absolute atomic E-state index is 0.0528. The van der Waals surface area contributed by atoms with Gasteiger partial charge < -0.3 is 10.2 Å². The molecule has 2 fully saturated rings. The third-order valence-corrected chi connectivity index (χ3v) is 4.04. The Bertz CT molecular complexity index is 438. The summed E-state index contributed by atoms with van der Waals surface area (Å²) < 4.78 is 14.3. The Morgan fingerprint density at radius 3 is 2.63 bits per heavy atom. The van der Waals surface area contributed by atoms with Crippen LogP contribution in [0.1, 0.15) is 38.2 Å². The Hall–Kier alpha value is -1.09. The monoisotopic (exact) mass is 262 g/mol. The van der Waals surface area contributed by atoms with Crippen LogP contribution in [0, 0.1) is 11.7 Å². The summed E-state index contributed by atoms with van der Waals surface area (Å²) in [4.78, 5) is 2.31. The molecule has 0 aromatic heterocycles. The molecular weight excluding hydrogens is 239 g/mol. The lowest BCUT2D eigenvalue weighted by atomic mass is 10.1. The first-order valence-corrected chi connectivity index (χ1v) is 7.53. The van der Waals surface area contributed by atoms with Crippen molar-refractivity contribution < 1.29 is 4.39 Å². The summed E-state index contributed by atoms with van der Waals surface area (Å²) >= 11 is 0. The van der Waals surface area contributed by atoms with Crippen LogP contribution in [-0.4, -0.2) is 19.1 Å². The molecule has 2 saturated carbocycles. The molecule has 0 amide bonds. The molecule has 0 heterocycles. The minimum atomic E-state index is -0.0528. The van der Waals surface area contributed by atoms with E-state index in [4.69, 9.17) is 0 Å². The largest absolute Gasteiger partial charge is 0.366 e. The van der Waals surface area contributed by atoms with Crippen molar-refractivity contribution >= 4 is 5.69 Å². The molecule has 3 heteroatoms. The number of rotatable bonds is 7. The topological polar surface area (TPSA) is 15.3 Å². The Balaban J connectivity index is 1.74. The van der Waals surface area contributed by atoms with Gasteiger partial charge in [0.25, 0.3) is 0 Å². The molecule has 2 aliphatic carbocycles. The summed E-state index contributed by atoms with van der Waals surface area (Å²) in [6.07, 6.45) is 5.10. The van der Waals surface area contributed by atoms with Gasteiger partial charge in [0.1, 0.15) is 5.82 Å². The molecule has 0 spiro atoms. The third-order valence-electron chi connectivity index (χ3n) is 4.04. The van der Waals surface area contributed by atoms with Gasteiger partial charge in [-0.1, -0.05) is 13.0 Å². The van der Waals surface area contributed by atoms with E-state index in [0.717, 1.165) is 36.8 Å². The van der Waals surface area contributed by atoms with E-state index in [1.807, 2.05) is 6.07 Å². The first-order chi connectivity index (χ1) is 9.28. The van der Waals surface area contributed by atoms with Gasteiger partial charge in [-0.25, -0.2) is 4.39 Å². The first-order valence-electron chi connectivity index (χ1n) is 7.53. The van der Waals surface area contributed by atoms with Crippen LogP contribution >= 0.6 is 0 Å². The van der Waals surface area contributed by atoms with Crippen LogP contribution in [0.15, 0.2) is 18.2 Å². The molecule has 0 aliphatic heterocycles. The highest BCUT2D eigenvalue weighted by molar-refractivity contribution is 5.51. The van der Waals surface area contributed by atoms with Gasteiger partial charge in [-0.3, -0.25) is 0 Å². The second kappa shape index (κ2) is 5.49. The SMILES string of the molecule is CCNCc1ccc(N(CC2CC2)C2CC2)c(F)c1. The molecule has 1 N–H and O–H groups in total. The van der Waals surface area contributed by atoms with Crippen molar-refractivity contribution in [2.45, 2.75) is 45.2 Å². The predicted octanol–water partition coefficient (Wildman–Crippen LogP) is 3.31. The summed E-state index contributed by atoms with van der Waals surface area (Å²) in [6.45, 7) is 4.78. The average Bonchev–Trinajstić information content (AvgIpc) is 3.27. The highest BCUT2D eigenvalue weighted by Gasteiger charge is 2.34. The number of nitrogens with one attached hydrogen (secondary N) is 1. The van der Waals surface area contributed by atoms with Gasteiger partial charge in [-0.15, -0.1) is 0 Å². The predicted molar refractivity (Wildman–Crippen MR) is 76.9 cm³/mol. The van der Waals surface area contributed by atoms with E-state index in [1.54, 1.807) is 6.07 Å². The van der Waals surface area contributed by atoms with Crippen molar-refractivity contribution in [3.63, 3.8) is 0 Å². The number of hydrogen-bond donors (Lipinski definition) is 1. The van der Waals surface area contributed by atoms with Gasteiger partial charge >= 0.3 is 0 Å². The molecule has 1 aromatic rings. The maximum absolute atomic E-state index is 14.3. The zero-order valence-corrected chi connectivity index (χ0v) is 11.7. The Morgan fingerprint density at radius 1 is 1.26 bits per heavy atom. The minimum Gasteiger partial charge on any atom is -0.366 e. The van der Waals surface area contributed by atoms with Gasteiger partial charge in [0.2, 0.25) is 0 Å². The fourth-order valence-electron chi connectivity index (χ4n) is 2.57. The Labute approximate surface area is 115 Å². The lowest BCUT2D eigenvalue weighted by Crippen LogP contribution is -2.29. The standard InChI is InChI=1S/C16H23FN2/c1-2-18-10-13-5-8-16(15(17)9-13)19(14-6-7-14)11-12-3-4-12/h5,8-9,12,14,18H,2-4,6-7,10-11H2,1H3. The molecular formula is C16H23FN2. The molecule has 0 radical (unpaired) electrons. The number of benzene rings is 1. The van der Waals surface area contributed by atoms with E-state index in [2.05, 4.69) is 23.2 Å². The van der Waals surface area contributed by atoms with Crippen LogP contribution in [0.5, 0.6) is 0 Å². The number of halogens is 1. The molecule has 0 bridgehead atoms. The van der Waals surface area contributed by atoms with E-state index in [9.17, 15) is 4.39 Å². The van der Waals surface area contributed by atoms with Crippen LogP contribution in [0.2, 0.25) is 0 Å². The average molecular weight is 262 g/mol. The van der Waals surface area contributed by atoms with E-state index in [0.29, 0.717) is 6.04 Å². The van der Waals surface area contributed by atoms with Crippen molar-refractivity contribution in [1.82, 2.24) is 5.32 Å². The normalized spacial score (nSPS) is 18.6. The summed E-state index contributed by atoms with van der Waals surface area (Å²) in [7, 11) is 0. The van der Waals surface area contributed by atoms with Crippen molar-refractivity contribution in [2.75, 3.05) is 18.0 Å². The zero-order chi connectivity index (χ0) is 13.2. The third kappa shape index (κ3) is 3.27. The van der Waals surface area contributed by atoms with Gasteiger partial charge in [-0.2, -0.15) is 0 Å². The lowest BCUT2D eigenvalue weighted by Gasteiger charge is -2.25. The smallest absolute Gasteiger partial charge is 0.146 e. The lowest BCUT2D eigenvalue weighted by molar-refractivity contribution is 0.604. The fourth-order valence-corrected chi connectivity index (χ4v) is 2.57.